The lowest BCUT2D eigenvalue weighted by molar-refractivity contribution is -0.172. The summed E-state index contributed by atoms with van der Waals surface area (Å²) in [5, 5.41) is 22.7. The summed E-state index contributed by atoms with van der Waals surface area (Å²) < 4.78 is 0. The molecule has 5 heteroatoms. The SMILES string of the molecule is C=CCC1CCC23CC(=O)CCC2(O)C1Cc1ccc(C(N)=O)c(O)c13. The van der Waals surface area contributed by atoms with E-state index < -0.39 is 16.9 Å². The fraction of sp³-hybridized carbons (Fsp3) is 0.524. The van der Waals surface area contributed by atoms with Crippen LogP contribution in [0, 0.1) is 11.8 Å². The number of rotatable bonds is 3. The van der Waals surface area contributed by atoms with E-state index in [0.717, 1.165) is 18.4 Å². The molecule has 4 N–H and O–H groups in total. The number of carbonyl (C=O) groups is 2. The molecule has 0 spiro atoms. The van der Waals surface area contributed by atoms with Crippen molar-refractivity contribution in [1.82, 2.24) is 0 Å². The standard InChI is InChI=1S/C21H25NO4/c1-2-3-12-6-8-20-11-14(23)7-9-21(20,26)16(12)10-13-4-5-15(19(22)25)18(24)17(13)20/h2,4-5,12,16,24,26H,1,3,6-11H2,(H2,22,25). The number of aromatic hydroxyl groups is 1. The number of primary amides is 1. The highest BCUT2D eigenvalue weighted by atomic mass is 16.3. The van der Waals surface area contributed by atoms with Crippen molar-refractivity contribution in [3.8, 4) is 5.75 Å². The number of Topliss-reactive ketones (excluding diaryl/α,β-unsaturated/α-hetero) is 1. The number of carbonyl (C=O) groups excluding carboxylic acids is 2. The predicted molar refractivity (Wildman–Crippen MR) is 96.8 cm³/mol. The van der Waals surface area contributed by atoms with Crippen LogP contribution in [0.5, 0.6) is 5.75 Å². The van der Waals surface area contributed by atoms with Gasteiger partial charge < -0.3 is 15.9 Å². The van der Waals surface area contributed by atoms with Crippen LogP contribution in [0.15, 0.2) is 24.8 Å². The van der Waals surface area contributed by atoms with Gasteiger partial charge in [-0.25, -0.2) is 0 Å². The molecular weight excluding hydrogens is 330 g/mol. The quantitative estimate of drug-likeness (QED) is 0.725. The molecule has 2 fully saturated rings. The maximum absolute atomic E-state index is 12.4. The van der Waals surface area contributed by atoms with Gasteiger partial charge in [0.1, 0.15) is 11.5 Å². The molecule has 138 valence electrons. The zero-order chi connectivity index (χ0) is 18.7. The lowest BCUT2D eigenvalue weighted by Gasteiger charge is -2.62. The van der Waals surface area contributed by atoms with Crippen molar-refractivity contribution >= 4 is 11.7 Å². The van der Waals surface area contributed by atoms with E-state index >= 15 is 0 Å². The Morgan fingerprint density at radius 1 is 1.38 bits per heavy atom. The van der Waals surface area contributed by atoms with E-state index in [4.69, 9.17) is 5.73 Å². The number of ketones is 1. The Morgan fingerprint density at radius 3 is 2.85 bits per heavy atom. The largest absolute Gasteiger partial charge is 0.507 e. The van der Waals surface area contributed by atoms with Crippen molar-refractivity contribution in [3.63, 3.8) is 0 Å². The van der Waals surface area contributed by atoms with Gasteiger partial charge >= 0.3 is 0 Å². The van der Waals surface area contributed by atoms with Crippen LogP contribution in [0.2, 0.25) is 0 Å². The number of amides is 1. The molecular formula is C21H25NO4. The lowest BCUT2D eigenvalue weighted by Crippen LogP contribution is -2.66. The Morgan fingerprint density at radius 2 is 2.15 bits per heavy atom. The van der Waals surface area contributed by atoms with E-state index in [-0.39, 0.29) is 29.4 Å². The van der Waals surface area contributed by atoms with Gasteiger partial charge in [0.2, 0.25) is 0 Å². The number of phenols is 1. The summed E-state index contributed by atoms with van der Waals surface area (Å²) in [4.78, 5) is 24.1. The van der Waals surface area contributed by atoms with Gasteiger partial charge in [0.15, 0.2) is 0 Å². The summed E-state index contributed by atoms with van der Waals surface area (Å²) in [5.74, 6) is -0.412. The smallest absolute Gasteiger partial charge is 0.252 e. The van der Waals surface area contributed by atoms with Crippen LogP contribution >= 0.6 is 0 Å². The molecule has 0 heterocycles. The molecule has 3 aliphatic rings. The Bertz CT molecular complexity index is 816. The molecule has 26 heavy (non-hydrogen) atoms. The van der Waals surface area contributed by atoms with Crippen LogP contribution in [0.3, 0.4) is 0 Å². The van der Waals surface area contributed by atoms with Crippen LogP contribution in [-0.4, -0.2) is 27.5 Å². The number of allylic oxidation sites excluding steroid dienone is 1. The Hall–Kier alpha value is -2.14. The van der Waals surface area contributed by atoms with Gasteiger partial charge in [-0.05, 0) is 55.6 Å². The zero-order valence-corrected chi connectivity index (χ0v) is 14.8. The molecule has 0 aliphatic heterocycles. The normalized spacial score (nSPS) is 35.3. The van der Waals surface area contributed by atoms with E-state index in [0.29, 0.717) is 37.2 Å². The summed E-state index contributed by atoms with van der Waals surface area (Å²) in [6.07, 6.45) is 5.83. The molecule has 4 atom stereocenters. The highest BCUT2D eigenvalue weighted by molar-refractivity contribution is 5.96. The summed E-state index contributed by atoms with van der Waals surface area (Å²) in [6.45, 7) is 3.86. The van der Waals surface area contributed by atoms with Crippen LogP contribution in [-0.2, 0) is 16.6 Å². The molecule has 4 rings (SSSR count). The number of aliphatic hydroxyl groups is 1. The fourth-order valence-corrected chi connectivity index (χ4v) is 6.05. The molecule has 5 nitrogen and oxygen atoms in total. The first-order valence-corrected chi connectivity index (χ1v) is 9.34. The van der Waals surface area contributed by atoms with Crippen LogP contribution in [0.25, 0.3) is 0 Å². The average molecular weight is 355 g/mol. The predicted octanol–water partition coefficient (Wildman–Crippen LogP) is 2.37. The Labute approximate surface area is 152 Å². The van der Waals surface area contributed by atoms with Crippen molar-refractivity contribution in [3.05, 3.63) is 41.5 Å². The minimum Gasteiger partial charge on any atom is -0.507 e. The lowest BCUT2D eigenvalue weighted by atomic mass is 9.43. The number of fused-ring (bicyclic) bond motifs is 1. The fourth-order valence-electron chi connectivity index (χ4n) is 6.05. The summed E-state index contributed by atoms with van der Waals surface area (Å²) in [5.41, 5.74) is 5.11. The first kappa shape index (κ1) is 17.3. The van der Waals surface area contributed by atoms with Crippen LogP contribution < -0.4 is 5.73 Å². The summed E-state index contributed by atoms with van der Waals surface area (Å²) in [7, 11) is 0. The Balaban J connectivity index is 1.97. The van der Waals surface area contributed by atoms with Crippen molar-refractivity contribution in [2.75, 3.05) is 0 Å². The number of hydrogen-bond donors (Lipinski definition) is 3. The van der Waals surface area contributed by atoms with E-state index in [1.165, 1.54) is 0 Å². The van der Waals surface area contributed by atoms with E-state index in [9.17, 15) is 19.8 Å². The molecule has 2 saturated carbocycles. The average Bonchev–Trinajstić information content (AvgIpc) is 2.57. The van der Waals surface area contributed by atoms with E-state index in [2.05, 4.69) is 6.58 Å². The van der Waals surface area contributed by atoms with Gasteiger partial charge in [-0.1, -0.05) is 12.1 Å². The van der Waals surface area contributed by atoms with Gasteiger partial charge in [0.25, 0.3) is 5.91 Å². The van der Waals surface area contributed by atoms with Crippen molar-refractivity contribution in [1.29, 1.82) is 0 Å². The van der Waals surface area contributed by atoms with Crippen molar-refractivity contribution in [2.24, 2.45) is 17.6 Å². The molecule has 3 aliphatic carbocycles. The van der Waals surface area contributed by atoms with E-state index in [1.807, 2.05) is 12.1 Å². The topological polar surface area (TPSA) is 101 Å². The maximum atomic E-state index is 12.4. The zero-order valence-electron chi connectivity index (χ0n) is 14.8. The van der Waals surface area contributed by atoms with Crippen molar-refractivity contribution in [2.45, 2.75) is 56.0 Å². The molecule has 0 aromatic heterocycles. The molecule has 0 saturated heterocycles. The second kappa shape index (κ2) is 5.68. The molecule has 1 aromatic carbocycles. The first-order valence-electron chi connectivity index (χ1n) is 9.34. The summed E-state index contributed by atoms with van der Waals surface area (Å²) >= 11 is 0. The third kappa shape index (κ3) is 2.07. The van der Waals surface area contributed by atoms with Crippen LogP contribution in [0.1, 0.15) is 60.0 Å². The highest BCUT2D eigenvalue weighted by Crippen LogP contribution is 2.64. The monoisotopic (exact) mass is 355 g/mol. The second-order valence-corrected chi connectivity index (χ2v) is 8.22. The van der Waals surface area contributed by atoms with Gasteiger partial charge in [-0.15, -0.1) is 6.58 Å². The molecule has 0 radical (unpaired) electrons. The van der Waals surface area contributed by atoms with Crippen LogP contribution in [0.4, 0.5) is 0 Å². The molecule has 4 unspecified atom stereocenters. The van der Waals surface area contributed by atoms with Gasteiger partial charge in [-0.2, -0.15) is 0 Å². The van der Waals surface area contributed by atoms with Gasteiger partial charge in [0, 0.05) is 23.8 Å². The minimum absolute atomic E-state index is 0.0219. The van der Waals surface area contributed by atoms with Crippen molar-refractivity contribution < 1.29 is 19.8 Å². The first-order chi connectivity index (χ1) is 12.3. The maximum Gasteiger partial charge on any atom is 0.252 e. The van der Waals surface area contributed by atoms with Gasteiger partial charge in [0.05, 0.1) is 11.2 Å². The van der Waals surface area contributed by atoms with E-state index in [1.54, 1.807) is 6.07 Å². The molecule has 1 aromatic rings. The third-order valence-corrected chi connectivity index (χ3v) is 7.15. The van der Waals surface area contributed by atoms with Gasteiger partial charge in [-0.3, -0.25) is 9.59 Å². The molecule has 2 bridgehead atoms. The number of benzene rings is 1. The Kier molecular flexibility index (Phi) is 3.77. The minimum atomic E-state index is -1.05. The third-order valence-electron chi connectivity index (χ3n) is 7.15. The number of nitrogens with two attached hydrogens (primary N) is 1. The second-order valence-electron chi connectivity index (χ2n) is 8.22. The number of hydrogen-bond acceptors (Lipinski definition) is 4. The summed E-state index contributed by atoms with van der Waals surface area (Å²) in [6, 6.07) is 3.39. The molecule has 1 amide bonds. The highest BCUT2D eigenvalue weighted by Gasteiger charge is 2.65.